The first-order valence-corrected chi connectivity index (χ1v) is 10.8. The predicted molar refractivity (Wildman–Crippen MR) is 135 cm³/mol. The molecule has 0 aliphatic heterocycles. The fraction of sp³-hybridized carbons (Fsp3) is 0.154. The van der Waals surface area contributed by atoms with E-state index in [1.54, 1.807) is 50.2 Å². The summed E-state index contributed by atoms with van der Waals surface area (Å²) >= 11 is 0. The van der Waals surface area contributed by atoms with Crippen molar-refractivity contribution in [3.05, 3.63) is 103 Å². The molecule has 0 spiro atoms. The van der Waals surface area contributed by atoms with Gasteiger partial charge in [0.1, 0.15) is 0 Å². The van der Waals surface area contributed by atoms with Gasteiger partial charge in [0, 0.05) is 54.1 Å². The highest BCUT2D eigenvalue weighted by Gasteiger charge is 2.35. The lowest BCUT2D eigenvalue weighted by molar-refractivity contribution is 0.0603. The minimum Gasteiger partial charge on any atom is -0.354 e. The predicted octanol–water partition coefficient (Wildman–Crippen LogP) is 5.68. The molecule has 1 N–H and O–H groups in total. The summed E-state index contributed by atoms with van der Waals surface area (Å²) in [6.07, 6.45) is 9.42. The second-order valence-electron chi connectivity index (χ2n) is 8.07. The van der Waals surface area contributed by atoms with E-state index in [0.29, 0.717) is 17.2 Å². The number of benzene rings is 1. The Hall–Kier alpha value is -4.40. The third-order valence-electron chi connectivity index (χ3n) is 5.51. The second kappa shape index (κ2) is 9.46. The van der Waals surface area contributed by atoms with Gasteiger partial charge in [0.2, 0.25) is 0 Å². The molecule has 0 saturated heterocycles. The number of hydrogen-bond donors (Lipinski definition) is 1. The highest BCUT2D eigenvalue weighted by atomic mass is 19.3. The molecular weight excluding hydrogens is 448 g/mol. The maximum Gasteiger partial charge on any atom is 0.285 e. The first-order valence-electron chi connectivity index (χ1n) is 10.8. The van der Waals surface area contributed by atoms with E-state index in [-0.39, 0.29) is 17.0 Å². The Morgan fingerprint density at radius 3 is 2.54 bits per heavy atom. The number of fused-ring (bicyclic) bond motifs is 1. The number of pyridine rings is 2. The molecule has 4 aromatic rings. The number of rotatable bonds is 8. The summed E-state index contributed by atoms with van der Waals surface area (Å²) in [6, 6.07) is 9.12. The van der Waals surface area contributed by atoms with Crippen LogP contribution in [0.4, 0.5) is 20.2 Å². The standard InChI is InChI=1S/C26H25F2N7/c1-6-21(18(3)33-20-14-17(2)25(30-16-20)35-31-12-13-32-35)24(26(4,27)28)34(5)23-9-7-8-19-15-29-11-10-22(19)23/h6-16,33H,1,3H2,2,4-5H3/b24-21+. The van der Waals surface area contributed by atoms with Crippen LogP contribution in [0.2, 0.25) is 0 Å². The van der Waals surface area contributed by atoms with Gasteiger partial charge in [-0.1, -0.05) is 31.4 Å². The van der Waals surface area contributed by atoms with Gasteiger partial charge in [-0.25, -0.2) is 4.98 Å². The fourth-order valence-electron chi connectivity index (χ4n) is 4.00. The molecule has 178 valence electrons. The van der Waals surface area contributed by atoms with Crippen molar-refractivity contribution in [1.29, 1.82) is 0 Å². The highest BCUT2D eigenvalue weighted by Crippen LogP contribution is 2.37. The van der Waals surface area contributed by atoms with Crippen LogP contribution in [-0.4, -0.2) is 37.9 Å². The van der Waals surface area contributed by atoms with E-state index in [9.17, 15) is 0 Å². The van der Waals surface area contributed by atoms with E-state index < -0.39 is 5.92 Å². The Morgan fingerprint density at radius 1 is 1.14 bits per heavy atom. The molecule has 4 rings (SSSR count). The van der Waals surface area contributed by atoms with Crippen molar-refractivity contribution in [3.8, 4) is 5.82 Å². The van der Waals surface area contributed by atoms with E-state index in [4.69, 9.17) is 0 Å². The number of aromatic nitrogens is 5. The Labute approximate surface area is 202 Å². The lowest BCUT2D eigenvalue weighted by atomic mass is 10.0. The third-order valence-corrected chi connectivity index (χ3v) is 5.51. The largest absolute Gasteiger partial charge is 0.354 e. The van der Waals surface area contributed by atoms with Crippen molar-refractivity contribution in [2.45, 2.75) is 19.8 Å². The summed E-state index contributed by atoms with van der Waals surface area (Å²) in [7, 11) is 1.61. The quantitative estimate of drug-likeness (QED) is 0.332. The number of alkyl halides is 2. The van der Waals surface area contributed by atoms with Gasteiger partial charge in [0.25, 0.3) is 5.92 Å². The van der Waals surface area contributed by atoms with Crippen LogP contribution in [0.3, 0.4) is 0 Å². The van der Waals surface area contributed by atoms with Crippen LogP contribution >= 0.6 is 0 Å². The second-order valence-corrected chi connectivity index (χ2v) is 8.07. The van der Waals surface area contributed by atoms with Crippen LogP contribution in [0.1, 0.15) is 12.5 Å². The number of anilines is 2. The summed E-state index contributed by atoms with van der Waals surface area (Å²) < 4.78 is 30.2. The van der Waals surface area contributed by atoms with Crippen molar-refractivity contribution in [1.82, 2.24) is 25.0 Å². The first-order chi connectivity index (χ1) is 16.7. The van der Waals surface area contributed by atoms with Crippen LogP contribution in [0, 0.1) is 6.92 Å². The molecule has 7 nitrogen and oxygen atoms in total. The smallest absolute Gasteiger partial charge is 0.285 e. The molecular formula is C26H25F2N7. The zero-order valence-electron chi connectivity index (χ0n) is 19.7. The maximum absolute atomic E-state index is 15.1. The molecule has 0 fully saturated rings. The first kappa shape index (κ1) is 23.7. The molecule has 3 aromatic heterocycles. The molecule has 0 radical (unpaired) electrons. The van der Waals surface area contributed by atoms with Crippen molar-refractivity contribution >= 4 is 22.1 Å². The summed E-state index contributed by atoms with van der Waals surface area (Å²) in [4.78, 5) is 11.4. The lowest BCUT2D eigenvalue weighted by Gasteiger charge is -2.31. The molecule has 0 unspecified atom stereocenters. The van der Waals surface area contributed by atoms with Gasteiger partial charge in [-0.3, -0.25) is 4.98 Å². The number of nitrogens with zero attached hydrogens (tertiary/aromatic N) is 6. The lowest BCUT2D eigenvalue weighted by Crippen LogP contribution is -2.32. The Morgan fingerprint density at radius 2 is 1.89 bits per heavy atom. The van der Waals surface area contributed by atoms with Crippen molar-refractivity contribution in [3.63, 3.8) is 0 Å². The normalized spacial score (nSPS) is 12.3. The molecule has 0 amide bonds. The third kappa shape index (κ3) is 4.79. The molecule has 0 aliphatic rings. The summed E-state index contributed by atoms with van der Waals surface area (Å²) in [5, 5.41) is 12.9. The SMILES string of the molecule is C=C/C(C(=C)Nc1cnc(-n2nccn2)c(C)c1)=C(\N(C)c1cccc2cnccc12)C(C)(F)F. The van der Waals surface area contributed by atoms with Gasteiger partial charge in [0.15, 0.2) is 5.82 Å². The highest BCUT2D eigenvalue weighted by molar-refractivity contribution is 5.94. The summed E-state index contributed by atoms with van der Waals surface area (Å²) in [5.74, 6) is -2.63. The molecule has 0 aliphatic carbocycles. The van der Waals surface area contributed by atoms with E-state index in [1.807, 2.05) is 25.1 Å². The minimum absolute atomic E-state index is 0.182. The average Bonchev–Trinajstić information content (AvgIpc) is 3.35. The van der Waals surface area contributed by atoms with Crippen molar-refractivity contribution in [2.75, 3.05) is 17.3 Å². The van der Waals surface area contributed by atoms with Crippen LogP contribution in [0.5, 0.6) is 0 Å². The van der Waals surface area contributed by atoms with E-state index in [1.165, 1.54) is 15.8 Å². The number of hydrogen-bond acceptors (Lipinski definition) is 6. The molecule has 3 heterocycles. The topological polar surface area (TPSA) is 71.8 Å². The van der Waals surface area contributed by atoms with E-state index in [2.05, 4.69) is 38.6 Å². The van der Waals surface area contributed by atoms with Gasteiger partial charge < -0.3 is 10.2 Å². The van der Waals surface area contributed by atoms with Crippen LogP contribution in [0.15, 0.2) is 97.5 Å². The Kier molecular flexibility index (Phi) is 6.42. The Balaban J connectivity index is 1.73. The van der Waals surface area contributed by atoms with Gasteiger partial charge >= 0.3 is 0 Å². The van der Waals surface area contributed by atoms with Gasteiger partial charge in [0.05, 0.1) is 30.0 Å². The van der Waals surface area contributed by atoms with Crippen molar-refractivity contribution < 1.29 is 8.78 Å². The van der Waals surface area contributed by atoms with Crippen molar-refractivity contribution in [2.24, 2.45) is 0 Å². The summed E-state index contributed by atoms with van der Waals surface area (Å²) in [6.45, 7) is 10.5. The maximum atomic E-state index is 15.1. The monoisotopic (exact) mass is 473 g/mol. The zero-order chi connectivity index (χ0) is 25.2. The minimum atomic E-state index is -3.19. The number of nitrogens with one attached hydrogen (secondary N) is 1. The number of aryl methyl sites for hydroxylation is 1. The van der Waals surface area contributed by atoms with Gasteiger partial charge in [-0.2, -0.15) is 19.0 Å². The van der Waals surface area contributed by atoms with E-state index >= 15 is 8.78 Å². The molecule has 0 bridgehead atoms. The average molecular weight is 474 g/mol. The Bertz CT molecular complexity index is 1410. The van der Waals surface area contributed by atoms with Crippen LogP contribution in [0.25, 0.3) is 16.6 Å². The van der Waals surface area contributed by atoms with E-state index in [0.717, 1.165) is 23.3 Å². The van der Waals surface area contributed by atoms with Gasteiger partial charge in [-0.05, 0) is 30.7 Å². The molecule has 35 heavy (non-hydrogen) atoms. The zero-order valence-corrected chi connectivity index (χ0v) is 19.7. The molecule has 1 aromatic carbocycles. The number of allylic oxidation sites excluding steroid dienone is 2. The molecule has 9 heteroatoms. The molecule has 0 atom stereocenters. The fourth-order valence-corrected chi connectivity index (χ4v) is 4.00. The van der Waals surface area contributed by atoms with Crippen LogP contribution < -0.4 is 10.2 Å². The number of halogens is 2. The van der Waals surface area contributed by atoms with Crippen LogP contribution in [-0.2, 0) is 0 Å². The summed E-state index contributed by atoms with van der Waals surface area (Å²) in [5.41, 5.74) is 2.20. The molecule has 0 saturated carbocycles. The van der Waals surface area contributed by atoms with Gasteiger partial charge in [-0.15, -0.1) is 4.80 Å².